The minimum absolute atomic E-state index is 0.513. The highest BCUT2D eigenvalue weighted by atomic mass is 16.6. The first-order chi connectivity index (χ1) is 14.2. The van der Waals surface area contributed by atoms with Gasteiger partial charge in [-0.15, -0.1) is 6.58 Å². The summed E-state index contributed by atoms with van der Waals surface area (Å²) in [5.41, 5.74) is 6.22. The van der Waals surface area contributed by atoms with E-state index < -0.39 is 23.0 Å². The number of ether oxygens (including phenoxy) is 2. The van der Waals surface area contributed by atoms with Gasteiger partial charge in [-0.3, -0.25) is 0 Å². The van der Waals surface area contributed by atoms with Crippen LogP contribution in [0.15, 0.2) is 79.4 Å². The first kappa shape index (κ1) is 21.6. The van der Waals surface area contributed by atoms with Gasteiger partial charge in [-0.25, -0.2) is 4.79 Å². The van der Waals surface area contributed by atoms with Crippen LogP contribution in [0, 0.1) is 0 Å². The van der Waals surface area contributed by atoms with Gasteiger partial charge < -0.3 is 15.2 Å². The number of para-hydroxylation sites is 1. The molecule has 0 fully saturated rings. The predicted octanol–water partition coefficient (Wildman–Crippen LogP) is 5.31. The molecule has 4 heteroatoms. The van der Waals surface area contributed by atoms with E-state index >= 15 is 0 Å². The summed E-state index contributed by atoms with van der Waals surface area (Å²) in [6.07, 6.45) is 1.69. The van der Waals surface area contributed by atoms with Gasteiger partial charge in [0, 0.05) is 11.5 Å². The molecule has 0 unspecified atom stereocenters. The molecular weight excluding hydrogens is 374 g/mol. The van der Waals surface area contributed by atoms with E-state index in [0.29, 0.717) is 11.3 Å². The molecule has 156 valence electrons. The maximum Gasteiger partial charge on any atom is 0.332 e. The molecule has 0 radical (unpaired) electrons. The molecule has 0 amide bonds. The SMILES string of the molecule is C=C[C@@H](c1ccccc1OC)[C@@](N)(C(=O)OC(C)(C)C)c1ccc2ccccc2c1. The Labute approximate surface area is 178 Å². The lowest BCUT2D eigenvalue weighted by atomic mass is 9.74. The zero-order valence-electron chi connectivity index (χ0n) is 18.0. The summed E-state index contributed by atoms with van der Waals surface area (Å²) in [5, 5.41) is 2.07. The van der Waals surface area contributed by atoms with Crippen molar-refractivity contribution in [2.45, 2.75) is 37.8 Å². The fraction of sp³-hybridized carbons (Fsp3) is 0.269. The highest BCUT2D eigenvalue weighted by molar-refractivity contribution is 5.89. The monoisotopic (exact) mass is 403 g/mol. The van der Waals surface area contributed by atoms with Crippen LogP contribution in [0.4, 0.5) is 0 Å². The molecule has 30 heavy (non-hydrogen) atoms. The zero-order chi connectivity index (χ0) is 21.9. The molecule has 0 aliphatic carbocycles. The topological polar surface area (TPSA) is 61.5 Å². The Bertz CT molecular complexity index is 1070. The quantitative estimate of drug-likeness (QED) is 0.447. The number of hydrogen-bond acceptors (Lipinski definition) is 4. The van der Waals surface area contributed by atoms with Crippen molar-refractivity contribution in [3.8, 4) is 5.75 Å². The molecule has 0 aromatic heterocycles. The van der Waals surface area contributed by atoms with E-state index in [2.05, 4.69) is 6.58 Å². The summed E-state index contributed by atoms with van der Waals surface area (Å²) < 4.78 is 11.3. The highest BCUT2D eigenvalue weighted by Crippen LogP contribution is 2.42. The van der Waals surface area contributed by atoms with Crippen molar-refractivity contribution in [2.75, 3.05) is 7.11 Å². The van der Waals surface area contributed by atoms with Crippen LogP contribution in [0.1, 0.15) is 37.8 Å². The number of rotatable bonds is 6. The maximum absolute atomic E-state index is 13.6. The number of esters is 1. The Morgan fingerprint density at radius 3 is 2.27 bits per heavy atom. The largest absolute Gasteiger partial charge is 0.496 e. The van der Waals surface area contributed by atoms with Crippen LogP contribution in [0.2, 0.25) is 0 Å². The molecule has 3 aromatic rings. The van der Waals surface area contributed by atoms with Crippen LogP contribution in [0.3, 0.4) is 0 Å². The van der Waals surface area contributed by atoms with Crippen LogP contribution < -0.4 is 10.5 Å². The Morgan fingerprint density at radius 1 is 1.00 bits per heavy atom. The van der Waals surface area contributed by atoms with Crippen molar-refractivity contribution in [1.82, 2.24) is 0 Å². The second-order valence-corrected chi connectivity index (χ2v) is 8.39. The summed E-state index contributed by atoms with van der Waals surface area (Å²) in [4.78, 5) is 13.6. The second-order valence-electron chi connectivity index (χ2n) is 8.39. The molecular formula is C26H29NO3. The Morgan fingerprint density at radius 2 is 1.63 bits per heavy atom. The smallest absolute Gasteiger partial charge is 0.332 e. The third-order valence-electron chi connectivity index (χ3n) is 5.16. The normalized spacial score (nSPS) is 14.6. The highest BCUT2D eigenvalue weighted by Gasteiger charge is 2.47. The van der Waals surface area contributed by atoms with Gasteiger partial charge in [-0.1, -0.05) is 60.7 Å². The number of hydrogen-bond donors (Lipinski definition) is 1. The van der Waals surface area contributed by atoms with Crippen LogP contribution in [-0.4, -0.2) is 18.7 Å². The second kappa shape index (κ2) is 8.33. The van der Waals surface area contributed by atoms with Crippen LogP contribution in [-0.2, 0) is 15.1 Å². The molecule has 2 N–H and O–H groups in total. The minimum atomic E-state index is -1.49. The van der Waals surface area contributed by atoms with Crippen LogP contribution in [0.25, 0.3) is 10.8 Å². The third kappa shape index (κ3) is 4.10. The van der Waals surface area contributed by atoms with Gasteiger partial charge in [0.15, 0.2) is 5.54 Å². The zero-order valence-corrected chi connectivity index (χ0v) is 18.0. The lowest BCUT2D eigenvalue weighted by Gasteiger charge is -2.37. The standard InChI is InChI=1S/C26H29NO3/c1-6-22(21-13-9-10-14-23(21)29-5)26(27,24(28)30-25(2,3)4)20-16-15-18-11-7-8-12-19(18)17-20/h6-17,22H,1,27H2,2-5H3/t22-,26+/m0/s1. The summed E-state index contributed by atoms with van der Waals surface area (Å²) in [6.45, 7) is 9.50. The maximum atomic E-state index is 13.6. The fourth-order valence-corrected chi connectivity index (χ4v) is 3.72. The van der Waals surface area contributed by atoms with Crippen molar-refractivity contribution < 1.29 is 14.3 Å². The Hall–Kier alpha value is -3.11. The molecule has 0 aliphatic rings. The van der Waals surface area contributed by atoms with Gasteiger partial charge in [0.1, 0.15) is 11.4 Å². The van der Waals surface area contributed by atoms with Crippen molar-refractivity contribution in [2.24, 2.45) is 5.73 Å². The van der Waals surface area contributed by atoms with Crippen molar-refractivity contribution in [3.05, 3.63) is 90.5 Å². The summed E-state index contributed by atoms with van der Waals surface area (Å²) >= 11 is 0. The number of fused-ring (bicyclic) bond motifs is 1. The number of carbonyl (C=O) groups is 1. The number of benzene rings is 3. The summed E-state index contributed by atoms with van der Waals surface area (Å²) in [5.74, 6) is -0.438. The molecule has 0 saturated heterocycles. The average molecular weight is 404 g/mol. The molecule has 0 spiro atoms. The van der Waals surface area contributed by atoms with E-state index in [0.717, 1.165) is 16.3 Å². The lowest BCUT2D eigenvalue weighted by Crippen LogP contribution is -2.52. The van der Waals surface area contributed by atoms with Crippen LogP contribution >= 0.6 is 0 Å². The molecule has 3 rings (SSSR count). The van der Waals surface area contributed by atoms with Gasteiger partial charge in [0.25, 0.3) is 0 Å². The molecule has 4 nitrogen and oxygen atoms in total. The van der Waals surface area contributed by atoms with E-state index in [-0.39, 0.29) is 0 Å². The Kier molecular flexibility index (Phi) is 5.99. The molecule has 0 aliphatic heterocycles. The molecule has 3 aromatic carbocycles. The molecule has 0 bridgehead atoms. The number of methoxy groups -OCH3 is 1. The van der Waals surface area contributed by atoms with Gasteiger partial charge >= 0.3 is 5.97 Å². The van der Waals surface area contributed by atoms with E-state index in [1.165, 1.54) is 0 Å². The number of nitrogens with two attached hydrogens (primary N) is 1. The van der Waals surface area contributed by atoms with Gasteiger partial charge in [-0.2, -0.15) is 0 Å². The van der Waals surface area contributed by atoms with Crippen molar-refractivity contribution in [1.29, 1.82) is 0 Å². The van der Waals surface area contributed by atoms with Crippen LogP contribution in [0.5, 0.6) is 5.75 Å². The van der Waals surface area contributed by atoms with E-state index in [4.69, 9.17) is 15.2 Å². The first-order valence-electron chi connectivity index (χ1n) is 9.98. The number of carbonyl (C=O) groups excluding carboxylic acids is 1. The van der Waals surface area contributed by atoms with E-state index in [1.54, 1.807) is 13.2 Å². The Balaban J connectivity index is 2.24. The van der Waals surface area contributed by atoms with E-state index in [9.17, 15) is 4.79 Å². The van der Waals surface area contributed by atoms with E-state index in [1.807, 2.05) is 87.5 Å². The fourth-order valence-electron chi connectivity index (χ4n) is 3.72. The summed E-state index contributed by atoms with van der Waals surface area (Å²) in [6, 6.07) is 21.3. The third-order valence-corrected chi connectivity index (χ3v) is 5.16. The molecule has 0 saturated carbocycles. The summed E-state index contributed by atoms with van der Waals surface area (Å²) in [7, 11) is 1.60. The molecule has 0 heterocycles. The van der Waals surface area contributed by atoms with Crippen molar-refractivity contribution >= 4 is 16.7 Å². The molecule has 2 atom stereocenters. The van der Waals surface area contributed by atoms with Gasteiger partial charge in [0.2, 0.25) is 0 Å². The van der Waals surface area contributed by atoms with Gasteiger partial charge in [-0.05, 0) is 49.2 Å². The average Bonchev–Trinajstić information content (AvgIpc) is 2.72. The minimum Gasteiger partial charge on any atom is -0.496 e. The van der Waals surface area contributed by atoms with Gasteiger partial charge in [0.05, 0.1) is 7.11 Å². The first-order valence-corrected chi connectivity index (χ1v) is 9.98. The lowest BCUT2D eigenvalue weighted by molar-refractivity contribution is -0.162. The predicted molar refractivity (Wildman–Crippen MR) is 122 cm³/mol. The van der Waals surface area contributed by atoms with Crippen molar-refractivity contribution in [3.63, 3.8) is 0 Å².